The van der Waals surface area contributed by atoms with E-state index in [-0.39, 0.29) is 18.1 Å². The quantitative estimate of drug-likeness (QED) is 0.490. The molecule has 0 bridgehead atoms. The van der Waals surface area contributed by atoms with Gasteiger partial charge in [0.2, 0.25) is 21.8 Å². The van der Waals surface area contributed by atoms with Crippen LogP contribution >= 0.6 is 0 Å². The third kappa shape index (κ3) is 7.51. The summed E-state index contributed by atoms with van der Waals surface area (Å²) >= 11 is 0. The maximum absolute atomic E-state index is 13.8. The molecule has 0 aromatic heterocycles. The minimum absolute atomic E-state index is 0.177. The molecule has 0 aliphatic carbocycles. The van der Waals surface area contributed by atoms with Crippen molar-refractivity contribution < 1.29 is 26.8 Å². The second kappa shape index (κ2) is 12.5. The number of amides is 2. The molecule has 1 N–H and O–H groups in total. The summed E-state index contributed by atoms with van der Waals surface area (Å²) in [7, 11) is -4.01. The lowest BCUT2D eigenvalue weighted by Crippen LogP contribution is -2.53. The molecule has 0 saturated heterocycles. The normalized spacial score (nSPS) is 12.1. The molecule has 34 heavy (non-hydrogen) atoms. The van der Waals surface area contributed by atoms with Crippen molar-refractivity contribution in [3.05, 3.63) is 65.7 Å². The lowest BCUT2D eigenvalue weighted by Gasteiger charge is -2.32. The molecule has 0 saturated carbocycles. The van der Waals surface area contributed by atoms with Crippen molar-refractivity contribution in [2.45, 2.75) is 39.2 Å². The standard InChI is InChI=1S/C24H31F2N3O4S/c1-4-14-27-24(31)22(5-2)28(15-13-18-9-7-6-8-10-18)23(30)17-29(34(3,32)33)19-11-12-20(25)21(26)16-19/h6-12,16,22H,4-5,13-15,17H2,1-3H3,(H,27,31)/t22-/m1/s1. The van der Waals surface area contributed by atoms with Crippen molar-refractivity contribution in [2.24, 2.45) is 0 Å². The Kier molecular flexibility index (Phi) is 9.97. The van der Waals surface area contributed by atoms with Gasteiger partial charge >= 0.3 is 0 Å². The number of carbonyl (C=O) groups excluding carboxylic acids is 2. The minimum Gasteiger partial charge on any atom is -0.354 e. The van der Waals surface area contributed by atoms with Crippen LogP contribution in [0.2, 0.25) is 0 Å². The van der Waals surface area contributed by atoms with Crippen molar-refractivity contribution in [1.29, 1.82) is 0 Å². The number of rotatable bonds is 12. The van der Waals surface area contributed by atoms with Gasteiger partial charge in [-0.3, -0.25) is 13.9 Å². The smallest absolute Gasteiger partial charge is 0.244 e. The highest BCUT2D eigenvalue weighted by molar-refractivity contribution is 7.92. The molecule has 2 amide bonds. The van der Waals surface area contributed by atoms with Gasteiger partial charge < -0.3 is 10.2 Å². The van der Waals surface area contributed by atoms with Crippen LogP contribution in [0, 0.1) is 11.6 Å². The zero-order valence-electron chi connectivity index (χ0n) is 19.6. The van der Waals surface area contributed by atoms with E-state index in [1.807, 2.05) is 37.3 Å². The van der Waals surface area contributed by atoms with Gasteiger partial charge in [-0.25, -0.2) is 17.2 Å². The highest BCUT2D eigenvalue weighted by Gasteiger charge is 2.31. The van der Waals surface area contributed by atoms with Crippen molar-refractivity contribution in [2.75, 3.05) is 30.2 Å². The Morgan fingerprint density at radius 2 is 1.71 bits per heavy atom. The molecule has 0 spiro atoms. The first kappa shape index (κ1) is 27.2. The highest BCUT2D eigenvalue weighted by Crippen LogP contribution is 2.21. The second-order valence-corrected chi connectivity index (χ2v) is 9.81. The summed E-state index contributed by atoms with van der Waals surface area (Å²) in [4.78, 5) is 27.6. The molecule has 0 fully saturated rings. The largest absolute Gasteiger partial charge is 0.354 e. The number of anilines is 1. The van der Waals surface area contributed by atoms with Gasteiger partial charge in [0.1, 0.15) is 12.6 Å². The number of hydrogen-bond acceptors (Lipinski definition) is 4. The van der Waals surface area contributed by atoms with E-state index in [1.54, 1.807) is 6.92 Å². The molecule has 10 heteroatoms. The Bertz CT molecular complexity index is 1080. The predicted molar refractivity (Wildman–Crippen MR) is 128 cm³/mol. The summed E-state index contributed by atoms with van der Waals surface area (Å²) in [5.74, 6) is -3.31. The van der Waals surface area contributed by atoms with Crippen LogP contribution in [0.1, 0.15) is 32.3 Å². The molecule has 2 rings (SSSR count). The Labute approximate surface area is 199 Å². The maximum Gasteiger partial charge on any atom is 0.244 e. The fraction of sp³-hybridized carbons (Fsp3) is 0.417. The van der Waals surface area contributed by atoms with Gasteiger partial charge in [-0.1, -0.05) is 44.2 Å². The van der Waals surface area contributed by atoms with Gasteiger partial charge in [-0.15, -0.1) is 0 Å². The molecule has 1 atom stereocenters. The minimum atomic E-state index is -4.01. The fourth-order valence-corrected chi connectivity index (χ4v) is 4.36. The first-order chi connectivity index (χ1) is 16.1. The number of carbonyl (C=O) groups is 2. The van der Waals surface area contributed by atoms with E-state index in [9.17, 15) is 26.8 Å². The Balaban J connectivity index is 2.36. The molecule has 0 unspecified atom stereocenters. The monoisotopic (exact) mass is 495 g/mol. The Morgan fingerprint density at radius 1 is 1.03 bits per heavy atom. The number of hydrogen-bond donors (Lipinski definition) is 1. The van der Waals surface area contributed by atoms with Crippen LogP contribution in [0.15, 0.2) is 48.5 Å². The summed E-state index contributed by atoms with van der Waals surface area (Å²) in [5, 5.41) is 2.79. The number of sulfonamides is 1. The molecule has 0 heterocycles. The van der Waals surface area contributed by atoms with E-state index in [4.69, 9.17) is 0 Å². The average Bonchev–Trinajstić information content (AvgIpc) is 2.80. The van der Waals surface area contributed by atoms with E-state index < -0.39 is 40.2 Å². The molecule has 2 aromatic carbocycles. The van der Waals surface area contributed by atoms with Crippen molar-refractivity contribution >= 4 is 27.5 Å². The van der Waals surface area contributed by atoms with Gasteiger partial charge in [-0.2, -0.15) is 0 Å². The predicted octanol–water partition coefficient (Wildman–Crippen LogP) is 3.11. The average molecular weight is 496 g/mol. The number of nitrogens with one attached hydrogen (secondary N) is 1. The van der Waals surface area contributed by atoms with Crippen molar-refractivity contribution in [3.63, 3.8) is 0 Å². The topological polar surface area (TPSA) is 86.8 Å². The molecule has 0 aliphatic rings. The van der Waals surface area contributed by atoms with E-state index in [2.05, 4.69) is 5.32 Å². The summed E-state index contributed by atoms with van der Waals surface area (Å²) in [6.45, 7) is 3.64. The van der Waals surface area contributed by atoms with Crippen molar-refractivity contribution in [1.82, 2.24) is 10.2 Å². The van der Waals surface area contributed by atoms with Crippen LogP contribution in [0.3, 0.4) is 0 Å². The lowest BCUT2D eigenvalue weighted by molar-refractivity contribution is -0.139. The summed E-state index contributed by atoms with van der Waals surface area (Å²) in [6, 6.07) is 11.2. The zero-order chi connectivity index (χ0) is 25.3. The number of halogens is 2. The molecular weight excluding hydrogens is 464 g/mol. The summed E-state index contributed by atoms with van der Waals surface area (Å²) in [5.41, 5.74) is 0.769. The second-order valence-electron chi connectivity index (χ2n) is 7.91. The molecule has 7 nitrogen and oxygen atoms in total. The molecule has 0 radical (unpaired) electrons. The van der Waals surface area contributed by atoms with Crippen LogP contribution < -0.4 is 9.62 Å². The van der Waals surface area contributed by atoms with Crippen LogP contribution in [-0.4, -0.2) is 57.1 Å². The molecule has 186 valence electrons. The number of benzene rings is 2. The first-order valence-corrected chi connectivity index (χ1v) is 13.0. The van der Waals surface area contributed by atoms with Gasteiger partial charge in [0.15, 0.2) is 11.6 Å². The maximum atomic E-state index is 13.8. The van der Waals surface area contributed by atoms with E-state index in [0.717, 1.165) is 36.4 Å². The Hall–Kier alpha value is -3.01. The van der Waals surface area contributed by atoms with E-state index in [0.29, 0.717) is 23.7 Å². The van der Waals surface area contributed by atoms with Gasteiger partial charge in [-0.05, 0) is 37.0 Å². The molecule has 0 aliphatic heterocycles. The first-order valence-electron chi connectivity index (χ1n) is 11.1. The van der Waals surface area contributed by atoms with Gasteiger partial charge in [0.25, 0.3) is 0 Å². The third-order valence-electron chi connectivity index (χ3n) is 5.29. The van der Waals surface area contributed by atoms with Gasteiger partial charge in [0.05, 0.1) is 11.9 Å². The van der Waals surface area contributed by atoms with Crippen LogP contribution in [0.25, 0.3) is 0 Å². The van der Waals surface area contributed by atoms with Crippen molar-refractivity contribution in [3.8, 4) is 0 Å². The van der Waals surface area contributed by atoms with E-state index in [1.165, 1.54) is 4.90 Å². The van der Waals surface area contributed by atoms with Crippen LogP contribution in [0.4, 0.5) is 14.5 Å². The number of nitrogens with zero attached hydrogens (tertiary/aromatic N) is 2. The fourth-order valence-electron chi connectivity index (χ4n) is 3.52. The summed E-state index contributed by atoms with van der Waals surface area (Å²) < 4.78 is 52.8. The summed E-state index contributed by atoms with van der Waals surface area (Å²) in [6.07, 6.45) is 2.37. The lowest BCUT2D eigenvalue weighted by atomic mass is 10.1. The zero-order valence-corrected chi connectivity index (χ0v) is 20.4. The van der Waals surface area contributed by atoms with E-state index >= 15 is 0 Å². The third-order valence-corrected chi connectivity index (χ3v) is 6.43. The van der Waals surface area contributed by atoms with Crippen LogP contribution in [-0.2, 0) is 26.0 Å². The highest BCUT2D eigenvalue weighted by atomic mass is 32.2. The molecule has 2 aromatic rings. The van der Waals surface area contributed by atoms with Crippen LogP contribution in [0.5, 0.6) is 0 Å². The molecular formula is C24H31F2N3O4S. The Morgan fingerprint density at radius 3 is 2.26 bits per heavy atom. The van der Waals surface area contributed by atoms with Gasteiger partial charge in [0, 0.05) is 19.2 Å². The SMILES string of the molecule is CCCNC(=O)[C@@H](CC)N(CCc1ccccc1)C(=O)CN(c1ccc(F)c(F)c1)S(C)(=O)=O.